The third-order valence-electron chi connectivity index (χ3n) is 1.77. The monoisotopic (exact) mass is 256 g/mol. The summed E-state index contributed by atoms with van der Waals surface area (Å²) in [7, 11) is -5.06. The molecule has 0 aliphatic heterocycles. The Kier molecular flexibility index (Phi) is 3.44. The van der Waals surface area contributed by atoms with Crippen LogP contribution in [0.5, 0.6) is 5.75 Å². The molecule has 0 aromatic heterocycles. The molecule has 1 N–H and O–H groups in total. The van der Waals surface area contributed by atoms with Crippen LogP contribution in [-0.2, 0) is 16.8 Å². The molecule has 0 bridgehead atoms. The van der Waals surface area contributed by atoms with Gasteiger partial charge < -0.3 is 4.18 Å². The Hall–Kier alpha value is -1.28. The SMILES string of the molecule is CCc1c(F)cc(F)c(OS(=O)(=O)O)c1F. The summed E-state index contributed by atoms with van der Waals surface area (Å²) in [5, 5.41) is 0. The lowest BCUT2D eigenvalue weighted by atomic mass is 10.1. The van der Waals surface area contributed by atoms with Crippen molar-refractivity contribution in [1.82, 2.24) is 0 Å². The van der Waals surface area contributed by atoms with Gasteiger partial charge in [-0.2, -0.15) is 8.42 Å². The second kappa shape index (κ2) is 4.30. The first-order chi connectivity index (χ1) is 7.26. The highest BCUT2D eigenvalue weighted by atomic mass is 32.3. The van der Waals surface area contributed by atoms with Crippen LogP contribution in [0.15, 0.2) is 6.07 Å². The van der Waals surface area contributed by atoms with Gasteiger partial charge in [0, 0.05) is 11.6 Å². The fourth-order valence-electron chi connectivity index (χ4n) is 1.12. The first kappa shape index (κ1) is 12.8. The van der Waals surface area contributed by atoms with E-state index in [0.29, 0.717) is 0 Å². The van der Waals surface area contributed by atoms with Crippen LogP contribution in [0.1, 0.15) is 12.5 Å². The summed E-state index contributed by atoms with van der Waals surface area (Å²) < 4.78 is 71.8. The van der Waals surface area contributed by atoms with Crippen molar-refractivity contribution in [2.24, 2.45) is 0 Å². The summed E-state index contributed by atoms with van der Waals surface area (Å²) >= 11 is 0. The molecule has 0 fully saturated rings. The molecule has 4 nitrogen and oxygen atoms in total. The first-order valence-corrected chi connectivity index (χ1v) is 5.46. The molecule has 0 amide bonds. The molecule has 0 unspecified atom stereocenters. The van der Waals surface area contributed by atoms with Crippen molar-refractivity contribution >= 4 is 10.4 Å². The average molecular weight is 256 g/mol. The van der Waals surface area contributed by atoms with Gasteiger partial charge in [0.15, 0.2) is 11.6 Å². The molecule has 0 saturated heterocycles. The third-order valence-corrected chi connectivity index (χ3v) is 2.14. The molecule has 1 aromatic rings. The second-order valence-corrected chi connectivity index (χ2v) is 3.85. The Balaban J connectivity index is 3.40. The van der Waals surface area contributed by atoms with Crippen molar-refractivity contribution in [2.75, 3.05) is 0 Å². The van der Waals surface area contributed by atoms with Gasteiger partial charge in [-0.25, -0.2) is 13.2 Å². The van der Waals surface area contributed by atoms with E-state index in [2.05, 4.69) is 4.18 Å². The largest absolute Gasteiger partial charge is 0.446 e. The summed E-state index contributed by atoms with van der Waals surface area (Å²) in [6, 6.07) is 0.280. The zero-order chi connectivity index (χ0) is 12.5. The number of rotatable bonds is 3. The van der Waals surface area contributed by atoms with Crippen LogP contribution in [-0.4, -0.2) is 13.0 Å². The van der Waals surface area contributed by atoms with E-state index < -0.39 is 39.2 Å². The van der Waals surface area contributed by atoms with Gasteiger partial charge in [0.05, 0.1) is 0 Å². The standard InChI is InChI=1S/C8H7F3O4S/c1-2-4-5(9)3-6(10)8(7(4)11)15-16(12,13)14/h3H,2H2,1H3,(H,12,13,14). The topological polar surface area (TPSA) is 63.6 Å². The first-order valence-electron chi connectivity index (χ1n) is 4.09. The van der Waals surface area contributed by atoms with Crippen LogP contribution in [0.25, 0.3) is 0 Å². The van der Waals surface area contributed by atoms with E-state index in [-0.39, 0.29) is 12.5 Å². The molecule has 0 aliphatic carbocycles. The minimum absolute atomic E-state index is 0.125. The van der Waals surface area contributed by atoms with Gasteiger partial charge in [-0.05, 0) is 6.42 Å². The number of hydrogen-bond donors (Lipinski definition) is 1. The highest BCUT2D eigenvalue weighted by Gasteiger charge is 2.22. The lowest BCUT2D eigenvalue weighted by molar-refractivity contribution is 0.360. The quantitative estimate of drug-likeness (QED) is 0.838. The smallest absolute Gasteiger partial charge is 0.355 e. The maximum atomic E-state index is 13.3. The van der Waals surface area contributed by atoms with E-state index in [1.807, 2.05) is 0 Å². The van der Waals surface area contributed by atoms with Crippen LogP contribution in [0.4, 0.5) is 13.2 Å². The molecule has 8 heteroatoms. The fraction of sp³-hybridized carbons (Fsp3) is 0.250. The molecule has 1 rings (SSSR count). The molecule has 0 saturated carbocycles. The number of halogens is 3. The highest BCUT2D eigenvalue weighted by molar-refractivity contribution is 7.81. The molecule has 0 aliphatic rings. The molecule has 0 radical (unpaired) electrons. The maximum Gasteiger partial charge on any atom is 0.446 e. The van der Waals surface area contributed by atoms with Crippen molar-refractivity contribution in [3.8, 4) is 5.75 Å². The normalized spacial score (nSPS) is 11.6. The second-order valence-electron chi connectivity index (χ2n) is 2.83. The summed E-state index contributed by atoms with van der Waals surface area (Å²) in [6.07, 6.45) is -0.125. The maximum absolute atomic E-state index is 13.3. The summed E-state index contributed by atoms with van der Waals surface area (Å²) in [4.78, 5) is 0. The molecule has 90 valence electrons. The van der Waals surface area contributed by atoms with E-state index in [9.17, 15) is 21.6 Å². The average Bonchev–Trinajstić information content (AvgIpc) is 2.11. The summed E-state index contributed by atoms with van der Waals surface area (Å²) in [5.41, 5.74) is -0.528. The van der Waals surface area contributed by atoms with Crippen molar-refractivity contribution in [1.29, 1.82) is 0 Å². The van der Waals surface area contributed by atoms with Crippen molar-refractivity contribution in [3.05, 3.63) is 29.1 Å². The summed E-state index contributed by atoms with van der Waals surface area (Å²) in [6.45, 7) is 1.39. The van der Waals surface area contributed by atoms with Crippen molar-refractivity contribution in [3.63, 3.8) is 0 Å². The Labute approximate surface area is 89.6 Å². The minimum atomic E-state index is -5.06. The zero-order valence-corrected chi connectivity index (χ0v) is 8.82. The van der Waals surface area contributed by atoms with Gasteiger partial charge in [0.1, 0.15) is 5.82 Å². The van der Waals surface area contributed by atoms with Crippen molar-refractivity contribution in [2.45, 2.75) is 13.3 Å². The van der Waals surface area contributed by atoms with Gasteiger partial charge in [-0.1, -0.05) is 6.92 Å². The van der Waals surface area contributed by atoms with E-state index in [1.54, 1.807) is 0 Å². The lowest BCUT2D eigenvalue weighted by Gasteiger charge is -2.08. The molecule has 0 atom stereocenters. The van der Waals surface area contributed by atoms with E-state index >= 15 is 0 Å². The van der Waals surface area contributed by atoms with Crippen LogP contribution >= 0.6 is 0 Å². The van der Waals surface area contributed by atoms with Gasteiger partial charge in [0.25, 0.3) is 0 Å². The predicted molar refractivity (Wildman–Crippen MR) is 47.9 cm³/mol. The number of benzene rings is 1. The van der Waals surface area contributed by atoms with Crippen LogP contribution in [0, 0.1) is 17.5 Å². The van der Waals surface area contributed by atoms with E-state index in [0.717, 1.165) is 0 Å². The number of hydrogen-bond acceptors (Lipinski definition) is 3. The molecule has 16 heavy (non-hydrogen) atoms. The van der Waals surface area contributed by atoms with Gasteiger partial charge >= 0.3 is 10.4 Å². The van der Waals surface area contributed by atoms with Gasteiger partial charge in [0.2, 0.25) is 5.75 Å². The van der Waals surface area contributed by atoms with Crippen LogP contribution in [0.2, 0.25) is 0 Å². The van der Waals surface area contributed by atoms with Crippen molar-refractivity contribution < 1.29 is 30.3 Å². The lowest BCUT2D eigenvalue weighted by Crippen LogP contribution is -2.11. The zero-order valence-electron chi connectivity index (χ0n) is 8.00. The van der Waals surface area contributed by atoms with E-state index in [4.69, 9.17) is 4.55 Å². The molecule has 1 aromatic carbocycles. The highest BCUT2D eigenvalue weighted by Crippen LogP contribution is 2.28. The van der Waals surface area contributed by atoms with Crippen LogP contribution in [0.3, 0.4) is 0 Å². The molecule has 0 heterocycles. The van der Waals surface area contributed by atoms with Gasteiger partial charge in [-0.3, -0.25) is 4.55 Å². The molecular formula is C8H7F3O4S. The van der Waals surface area contributed by atoms with Gasteiger partial charge in [-0.15, -0.1) is 0 Å². The Morgan fingerprint density at radius 3 is 2.31 bits per heavy atom. The Morgan fingerprint density at radius 1 is 1.31 bits per heavy atom. The minimum Gasteiger partial charge on any atom is -0.355 e. The van der Waals surface area contributed by atoms with E-state index in [1.165, 1.54) is 6.92 Å². The Morgan fingerprint density at radius 2 is 1.88 bits per heavy atom. The third kappa shape index (κ3) is 2.64. The predicted octanol–water partition coefficient (Wildman–Crippen LogP) is 1.85. The Bertz CT molecular complexity index is 513. The fourth-order valence-corrected chi connectivity index (χ4v) is 1.48. The molecule has 0 spiro atoms. The summed E-state index contributed by atoms with van der Waals surface area (Å²) in [5.74, 6) is -5.54. The van der Waals surface area contributed by atoms with Crippen LogP contribution < -0.4 is 4.18 Å². The molecular weight excluding hydrogens is 249 g/mol.